The van der Waals surface area contributed by atoms with E-state index in [2.05, 4.69) is 15.4 Å². The largest absolute Gasteiger partial charge is 0.497 e. The number of nitrogens with zero attached hydrogens (tertiary/aromatic N) is 4. The molecule has 1 heterocycles. The third-order valence-corrected chi connectivity index (χ3v) is 2.53. The van der Waals surface area contributed by atoms with E-state index in [-0.39, 0.29) is 6.61 Å². The molecule has 110 valence electrons. The van der Waals surface area contributed by atoms with Gasteiger partial charge in [-0.05, 0) is 23.4 Å². The third-order valence-electron chi connectivity index (χ3n) is 2.53. The zero-order valence-electron chi connectivity index (χ0n) is 11.6. The van der Waals surface area contributed by atoms with Crippen molar-refractivity contribution in [2.45, 2.75) is 6.61 Å². The maximum atomic E-state index is 10.6. The number of hydrogen-bond donors (Lipinski definition) is 1. The number of benzene rings is 1. The molecule has 0 aliphatic carbocycles. The normalized spacial score (nSPS) is 10.8. The fourth-order valence-electron chi connectivity index (χ4n) is 1.59. The van der Waals surface area contributed by atoms with Gasteiger partial charge in [-0.2, -0.15) is 4.80 Å². The van der Waals surface area contributed by atoms with Gasteiger partial charge in [-0.25, -0.2) is 4.79 Å². The van der Waals surface area contributed by atoms with Crippen LogP contribution in [0.3, 0.4) is 0 Å². The first-order valence-corrected chi connectivity index (χ1v) is 6.03. The summed E-state index contributed by atoms with van der Waals surface area (Å²) in [5.74, 6) is 0.463. The van der Waals surface area contributed by atoms with Crippen molar-refractivity contribution in [1.82, 2.24) is 20.2 Å². The number of aromatic nitrogens is 4. The van der Waals surface area contributed by atoms with E-state index in [9.17, 15) is 4.79 Å². The Kier molecular flexibility index (Phi) is 4.50. The summed E-state index contributed by atoms with van der Waals surface area (Å²) in [4.78, 5) is 11.9. The number of rotatable bonds is 6. The van der Waals surface area contributed by atoms with Gasteiger partial charge in [-0.3, -0.25) is 0 Å². The number of ether oxygens (including phenoxy) is 2. The highest BCUT2D eigenvalue weighted by molar-refractivity contribution is 5.86. The van der Waals surface area contributed by atoms with Crippen LogP contribution in [0, 0.1) is 0 Å². The molecule has 0 bridgehead atoms. The van der Waals surface area contributed by atoms with Crippen molar-refractivity contribution in [2.24, 2.45) is 7.05 Å². The van der Waals surface area contributed by atoms with Gasteiger partial charge in [0.25, 0.3) is 0 Å². The average Bonchev–Trinajstić information content (AvgIpc) is 2.88. The van der Waals surface area contributed by atoms with E-state index in [4.69, 9.17) is 14.6 Å². The number of aryl methyl sites for hydroxylation is 1. The second-order valence-electron chi connectivity index (χ2n) is 4.06. The fraction of sp³-hybridized carbons (Fsp3) is 0.231. The predicted molar refractivity (Wildman–Crippen MR) is 72.8 cm³/mol. The number of hydrogen-bond acceptors (Lipinski definition) is 6. The van der Waals surface area contributed by atoms with E-state index >= 15 is 0 Å². The van der Waals surface area contributed by atoms with E-state index in [1.165, 1.54) is 18.0 Å². The highest BCUT2D eigenvalue weighted by Crippen LogP contribution is 2.26. The Morgan fingerprint density at radius 2 is 2.29 bits per heavy atom. The molecule has 2 rings (SSSR count). The quantitative estimate of drug-likeness (QED) is 0.789. The molecule has 1 aromatic heterocycles. The van der Waals surface area contributed by atoms with Crippen LogP contribution in [0.5, 0.6) is 11.5 Å². The van der Waals surface area contributed by atoms with Gasteiger partial charge >= 0.3 is 5.97 Å². The maximum Gasteiger partial charge on any atom is 0.328 e. The molecule has 1 N–H and O–H groups in total. The number of tetrazole rings is 1. The second-order valence-corrected chi connectivity index (χ2v) is 4.06. The van der Waals surface area contributed by atoms with Crippen molar-refractivity contribution < 1.29 is 19.4 Å². The molecular weight excluding hydrogens is 276 g/mol. The lowest BCUT2D eigenvalue weighted by Crippen LogP contribution is -2.01. The molecule has 0 saturated heterocycles. The molecule has 21 heavy (non-hydrogen) atoms. The van der Waals surface area contributed by atoms with Gasteiger partial charge in [0.05, 0.1) is 14.2 Å². The number of aliphatic carboxylic acids is 1. The van der Waals surface area contributed by atoms with Crippen molar-refractivity contribution in [3.05, 3.63) is 35.7 Å². The van der Waals surface area contributed by atoms with Crippen LogP contribution in [0.15, 0.2) is 24.3 Å². The Morgan fingerprint density at radius 1 is 1.48 bits per heavy atom. The summed E-state index contributed by atoms with van der Waals surface area (Å²) in [5, 5.41) is 20.2. The van der Waals surface area contributed by atoms with Gasteiger partial charge < -0.3 is 14.6 Å². The van der Waals surface area contributed by atoms with E-state index in [1.807, 2.05) is 0 Å². The van der Waals surface area contributed by atoms with Gasteiger partial charge in [0.2, 0.25) is 5.82 Å². The van der Waals surface area contributed by atoms with Crippen molar-refractivity contribution >= 4 is 12.0 Å². The van der Waals surface area contributed by atoms with E-state index in [0.29, 0.717) is 22.9 Å². The summed E-state index contributed by atoms with van der Waals surface area (Å²) in [7, 11) is 3.19. The molecule has 8 heteroatoms. The fourth-order valence-corrected chi connectivity index (χ4v) is 1.59. The Morgan fingerprint density at radius 3 is 2.90 bits per heavy atom. The monoisotopic (exact) mass is 290 g/mol. The Balaban J connectivity index is 2.19. The van der Waals surface area contributed by atoms with Crippen LogP contribution in [0.2, 0.25) is 0 Å². The molecule has 0 aliphatic rings. The van der Waals surface area contributed by atoms with Crippen LogP contribution in [0.4, 0.5) is 0 Å². The van der Waals surface area contributed by atoms with Crippen LogP contribution < -0.4 is 9.47 Å². The minimum absolute atomic E-state index is 0.120. The smallest absolute Gasteiger partial charge is 0.328 e. The van der Waals surface area contributed by atoms with E-state index in [1.54, 1.807) is 25.2 Å². The van der Waals surface area contributed by atoms with Crippen molar-refractivity contribution in [2.75, 3.05) is 7.11 Å². The van der Waals surface area contributed by atoms with Gasteiger partial charge in [-0.1, -0.05) is 0 Å². The third kappa shape index (κ3) is 4.03. The summed E-state index contributed by atoms with van der Waals surface area (Å²) in [6.45, 7) is 0.120. The molecule has 0 fully saturated rings. The lowest BCUT2D eigenvalue weighted by Gasteiger charge is -2.09. The van der Waals surface area contributed by atoms with E-state index < -0.39 is 5.97 Å². The number of carboxylic acids is 1. The first kappa shape index (κ1) is 14.5. The predicted octanol–water partition coefficient (Wildman–Crippen LogP) is 0.895. The summed E-state index contributed by atoms with van der Waals surface area (Å²) >= 11 is 0. The van der Waals surface area contributed by atoms with Crippen LogP contribution in [-0.4, -0.2) is 38.4 Å². The van der Waals surface area contributed by atoms with Crippen LogP contribution >= 0.6 is 0 Å². The van der Waals surface area contributed by atoms with Crippen LogP contribution in [-0.2, 0) is 18.4 Å². The van der Waals surface area contributed by atoms with Crippen molar-refractivity contribution in [3.63, 3.8) is 0 Å². The van der Waals surface area contributed by atoms with E-state index in [0.717, 1.165) is 6.08 Å². The first-order chi connectivity index (χ1) is 10.1. The summed E-state index contributed by atoms with van der Waals surface area (Å²) in [6.07, 6.45) is 2.48. The summed E-state index contributed by atoms with van der Waals surface area (Å²) in [5.41, 5.74) is 0.613. The molecule has 0 aliphatic heterocycles. The lowest BCUT2D eigenvalue weighted by molar-refractivity contribution is -0.131. The molecule has 0 unspecified atom stereocenters. The lowest BCUT2D eigenvalue weighted by atomic mass is 10.1. The van der Waals surface area contributed by atoms with Gasteiger partial charge in [0.1, 0.15) is 11.5 Å². The Bertz CT molecular complexity index is 666. The topological polar surface area (TPSA) is 99.4 Å². The van der Waals surface area contributed by atoms with Gasteiger partial charge in [0.15, 0.2) is 6.61 Å². The molecule has 0 atom stereocenters. The minimum Gasteiger partial charge on any atom is -0.497 e. The number of carbonyl (C=O) groups is 1. The Hall–Kier alpha value is -2.90. The molecule has 0 amide bonds. The van der Waals surface area contributed by atoms with Gasteiger partial charge in [-0.15, -0.1) is 10.2 Å². The second kappa shape index (κ2) is 6.51. The minimum atomic E-state index is -1.03. The highest BCUT2D eigenvalue weighted by atomic mass is 16.5. The molecule has 0 spiro atoms. The summed E-state index contributed by atoms with van der Waals surface area (Å²) < 4.78 is 10.7. The summed E-state index contributed by atoms with van der Waals surface area (Å²) in [6, 6.07) is 5.09. The number of carboxylic acid groups (broad SMARTS) is 1. The zero-order valence-corrected chi connectivity index (χ0v) is 11.6. The molecule has 0 saturated carbocycles. The maximum absolute atomic E-state index is 10.6. The molecule has 2 aromatic rings. The van der Waals surface area contributed by atoms with Gasteiger partial charge in [0, 0.05) is 17.7 Å². The van der Waals surface area contributed by atoms with Crippen molar-refractivity contribution in [3.8, 4) is 11.5 Å². The molecular formula is C13H14N4O4. The highest BCUT2D eigenvalue weighted by Gasteiger charge is 2.07. The molecule has 1 aromatic carbocycles. The average molecular weight is 290 g/mol. The van der Waals surface area contributed by atoms with Crippen LogP contribution in [0.25, 0.3) is 6.08 Å². The Labute approximate surface area is 120 Å². The zero-order chi connectivity index (χ0) is 15.2. The van der Waals surface area contributed by atoms with Crippen molar-refractivity contribution in [1.29, 1.82) is 0 Å². The molecule has 8 nitrogen and oxygen atoms in total. The van der Waals surface area contributed by atoms with Crippen LogP contribution in [0.1, 0.15) is 11.4 Å². The number of methoxy groups -OCH3 is 1. The standard InChI is InChI=1S/C13H14N4O4/c1-17-15-12(14-16-17)8-21-11-7-10(20-2)5-3-9(11)4-6-13(18)19/h3-7H,8H2,1-2H3,(H,18,19)/b6-4+. The SMILES string of the molecule is COc1ccc(/C=C/C(=O)O)c(OCc2nnn(C)n2)c1. The molecule has 0 radical (unpaired) electrons. The first-order valence-electron chi connectivity index (χ1n) is 6.03.